The topological polar surface area (TPSA) is 61.3 Å². The van der Waals surface area contributed by atoms with E-state index in [1.165, 1.54) is 23.1 Å². The molecule has 0 atom stereocenters. The van der Waals surface area contributed by atoms with Crippen LogP contribution in [0, 0.1) is 0 Å². The first-order valence-corrected chi connectivity index (χ1v) is 9.81. The maximum Gasteiger partial charge on any atom is 0.175 e. The molecule has 0 radical (unpaired) electrons. The Morgan fingerprint density at radius 1 is 1.12 bits per heavy atom. The summed E-state index contributed by atoms with van der Waals surface area (Å²) in [6, 6.07) is 5.16. The first-order valence-electron chi connectivity index (χ1n) is 7.02. The van der Waals surface area contributed by atoms with Gasteiger partial charge in [-0.05, 0) is 25.1 Å². The molecule has 0 N–H and O–H groups in total. The normalized spacial score (nSPS) is 10.5. The van der Waals surface area contributed by atoms with E-state index in [4.69, 9.17) is 9.47 Å². The van der Waals surface area contributed by atoms with E-state index < -0.39 is 0 Å². The van der Waals surface area contributed by atoms with Crippen LogP contribution in [0.5, 0.6) is 11.5 Å². The summed E-state index contributed by atoms with van der Waals surface area (Å²) in [6.07, 6.45) is 0. The van der Waals surface area contributed by atoms with Crippen LogP contribution < -0.4 is 9.47 Å². The Labute approximate surface area is 153 Å². The number of carbonyl (C=O) groups excluding carboxylic acids is 1. The van der Waals surface area contributed by atoms with Crippen LogP contribution in [0.25, 0.3) is 0 Å². The maximum absolute atomic E-state index is 12.3. The van der Waals surface area contributed by atoms with Gasteiger partial charge < -0.3 is 9.47 Å². The van der Waals surface area contributed by atoms with E-state index in [1.807, 2.05) is 6.92 Å². The fourth-order valence-corrected chi connectivity index (χ4v) is 4.48. The largest absolute Gasteiger partial charge is 0.493 e. The first kappa shape index (κ1) is 18.8. The highest BCUT2D eigenvalue weighted by atomic mass is 32.2. The lowest BCUT2D eigenvalue weighted by molar-refractivity contribution is 0.102. The van der Waals surface area contributed by atoms with Gasteiger partial charge in [0.15, 0.2) is 26.0 Å². The zero-order valence-corrected chi connectivity index (χ0v) is 16.1. The van der Waals surface area contributed by atoms with Gasteiger partial charge in [-0.1, -0.05) is 47.0 Å². The molecule has 8 heteroatoms. The molecule has 128 valence electrons. The molecule has 0 aliphatic heterocycles. The highest BCUT2D eigenvalue weighted by Crippen LogP contribution is 2.31. The molecule has 0 aliphatic carbocycles. The molecule has 0 spiro atoms. The van der Waals surface area contributed by atoms with Gasteiger partial charge in [0.2, 0.25) is 0 Å². The summed E-state index contributed by atoms with van der Waals surface area (Å²) in [6.45, 7) is 5.84. The molecule has 24 heavy (non-hydrogen) atoms. The van der Waals surface area contributed by atoms with Crippen LogP contribution in [-0.4, -0.2) is 41.7 Å². The second kappa shape index (κ2) is 9.10. The molecule has 2 rings (SSSR count). The van der Waals surface area contributed by atoms with Gasteiger partial charge in [-0.3, -0.25) is 4.79 Å². The lowest BCUT2D eigenvalue weighted by Gasteiger charge is -2.08. The van der Waals surface area contributed by atoms with Crippen LogP contribution >= 0.6 is 34.9 Å². The number of ether oxygens (including phenoxy) is 2. The zero-order valence-electron chi connectivity index (χ0n) is 13.7. The number of nitrogens with zero attached hydrogens (tertiary/aromatic N) is 2. The molecule has 0 bridgehead atoms. The van der Waals surface area contributed by atoms with Gasteiger partial charge in [0.1, 0.15) is 0 Å². The number of methoxy groups -OCH3 is 2. The number of ketones is 1. The minimum absolute atomic E-state index is 0.00675. The van der Waals surface area contributed by atoms with E-state index in [-0.39, 0.29) is 5.78 Å². The number of Topliss-reactive ketones (excluding diaryl/α,β-unsaturated/α-hetero) is 1. The van der Waals surface area contributed by atoms with Crippen molar-refractivity contribution in [1.82, 2.24) is 10.2 Å². The van der Waals surface area contributed by atoms with E-state index in [0.717, 1.165) is 20.0 Å². The molecule has 0 unspecified atom stereocenters. The number of benzene rings is 1. The van der Waals surface area contributed by atoms with Gasteiger partial charge in [0.25, 0.3) is 0 Å². The van der Waals surface area contributed by atoms with Crippen molar-refractivity contribution < 1.29 is 14.3 Å². The van der Waals surface area contributed by atoms with Gasteiger partial charge in [0, 0.05) is 11.3 Å². The van der Waals surface area contributed by atoms with Gasteiger partial charge >= 0.3 is 0 Å². The molecule has 0 aliphatic rings. The molecule has 5 nitrogen and oxygen atoms in total. The summed E-state index contributed by atoms with van der Waals surface area (Å²) in [5.74, 6) is 2.28. The number of carbonyl (C=O) groups is 1. The SMILES string of the molecule is C=C(C)CSc1nnc(SCC(=O)c2ccc(OC)c(OC)c2)s1. The first-order chi connectivity index (χ1) is 11.5. The summed E-state index contributed by atoms with van der Waals surface area (Å²) in [7, 11) is 3.11. The van der Waals surface area contributed by atoms with E-state index >= 15 is 0 Å². The molecular weight excluding hydrogens is 364 g/mol. The number of hydrogen-bond donors (Lipinski definition) is 0. The Bertz CT molecular complexity index is 731. The van der Waals surface area contributed by atoms with Crippen LogP contribution in [0.3, 0.4) is 0 Å². The van der Waals surface area contributed by atoms with Gasteiger partial charge in [0.05, 0.1) is 20.0 Å². The van der Waals surface area contributed by atoms with E-state index in [1.54, 1.807) is 44.2 Å². The van der Waals surface area contributed by atoms with Crippen LogP contribution in [0.15, 0.2) is 39.0 Å². The van der Waals surface area contributed by atoms with Crippen molar-refractivity contribution in [2.24, 2.45) is 0 Å². The summed E-state index contributed by atoms with van der Waals surface area (Å²) >= 11 is 4.49. The number of hydrogen-bond acceptors (Lipinski definition) is 8. The van der Waals surface area contributed by atoms with Gasteiger partial charge in [-0.25, -0.2) is 0 Å². The minimum Gasteiger partial charge on any atom is -0.493 e. The summed E-state index contributed by atoms with van der Waals surface area (Å²) in [5, 5.41) is 8.22. The Balaban J connectivity index is 1.94. The van der Waals surface area contributed by atoms with E-state index in [9.17, 15) is 4.79 Å². The predicted molar refractivity (Wildman–Crippen MR) is 100 cm³/mol. The molecule has 0 fully saturated rings. The monoisotopic (exact) mass is 382 g/mol. The second-order valence-corrected chi connectivity index (χ2v) is 8.28. The molecule has 0 saturated carbocycles. The molecular formula is C16H18N2O3S3. The fourth-order valence-electron chi connectivity index (χ4n) is 1.72. The fraction of sp³-hybridized carbons (Fsp3) is 0.312. The quantitative estimate of drug-likeness (QED) is 0.366. The number of thioether (sulfide) groups is 2. The van der Waals surface area contributed by atoms with Crippen molar-refractivity contribution in [2.45, 2.75) is 15.6 Å². The van der Waals surface area contributed by atoms with Crippen LogP contribution in [0.2, 0.25) is 0 Å². The molecule has 0 amide bonds. The highest BCUT2D eigenvalue weighted by Gasteiger charge is 2.13. The zero-order chi connectivity index (χ0) is 17.5. The lowest BCUT2D eigenvalue weighted by atomic mass is 10.1. The molecule has 1 aromatic carbocycles. The van der Waals surface area contributed by atoms with E-state index in [2.05, 4.69) is 16.8 Å². The third-order valence-corrected chi connectivity index (χ3v) is 6.28. The van der Waals surface area contributed by atoms with Gasteiger partial charge in [-0.15, -0.1) is 10.2 Å². The Morgan fingerprint density at radius 2 is 1.75 bits per heavy atom. The Kier molecular flexibility index (Phi) is 7.14. The Hall–Kier alpha value is -1.51. The predicted octanol–water partition coefficient (Wildman–Crippen LogP) is 4.20. The van der Waals surface area contributed by atoms with E-state index in [0.29, 0.717) is 22.8 Å². The Morgan fingerprint density at radius 3 is 2.33 bits per heavy atom. The van der Waals surface area contributed by atoms with Crippen LogP contribution in [0.4, 0.5) is 0 Å². The molecule has 2 aromatic rings. The molecule has 1 aromatic heterocycles. The van der Waals surface area contributed by atoms with Crippen LogP contribution in [0.1, 0.15) is 17.3 Å². The molecule has 1 heterocycles. The third kappa shape index (κ3) is 5.25. The van der Waals surface area contributed by atoms with Crippen molar-refractivity contribution in [3.63, 3.8) is 0 Å². The van der Waals surface area contributed by atoms with Gasteiger partial charge in [-0.2, -0.15) is 0 Å². The highest BCUT2D eigenvalue weighted by molar-refractivity contribution is 8.03. The average Bonchev–Trinajstić information content (AvgIpc) is 3.05. The molecule has 0 saturated heterocycles. The van der Waals surface area contributed by atoms with Crippen LogP contribution in [-0.2, 0) is 0 Å². The average molecular weight is 383 g/mol. The van der Waals surface area contributed by atoms with Crippen molar-refractivity contribution in [3.05, 3.63) is 35.9 Å². The van der Waals surface area contributed by atoms with Crippen molar-refractivity contribution in [2.75, 3.05) is 25.7 Å². The summed E-state index contributed by atoms with van der Waals surface area (Å²) in [4.78, 5) is 12.3. The minimum atomic E-state index is 0.00675. The summed E-state index contributed by atoms with van der Waals surface area (Å²) in [5.41, 5.74) is 1.68. The number of rotatable bonds is 9. The smallest absolute Gasteiger partial charge is 0.175 e. The third-order valence-electron chi connectivity index (χ3n) is 2.86. The van der Waals surface area contributed by atoms with Crippen molar-refractivity contribution in [3.8, 4) is 11.5 Å². The lowest BCUT2D eigenvalue weighted by Crippen LogP contribution is -2.03. The number of aromatic nitrogens is 2. The van der Waals surface area contributed by atoms with Crippen molar-refractivity contribution in [1.29, 1.82) is 0 Å². The maximum atomic E-state index is 12.3. The second-order valence-electron chi connectivity index (χ2n) is 4.86. The standard InChI is InChI=1S/C16H18N2O3S3/c1-10(2)8-22-15-17-18-16(24-15)23-9-12(19)11-5-6-13(20-3)14(7-11)21-4/h5-7H,1,8-9H2,2-4H3. The summed E-state index contributed by atoms with van der Waals surface area (Å²) < 4.78 is 12.1. The van der Waals surface area contributed by atoms with Crippen molar-refractivity contribution >= 4 is 40.6 Å².